The zero-order valence-corrected chi connectivity index (χ0v) is 10.9. The highest BCUT2D eigenvalue weighted by molar-refractivity contribution is 5.62. The number of ether oxygens (including phenoxy) is 1. The molecule has 1 unspecified atom stereocenters. The highest BCUT2D eigenvalue weighted by Crippen LogP contribution is 2.28. The molecule has 0 radical (unpaired) electrons. The Balaban J connectivity index is 2.36. The summed E-state index contributed by atoms with van der Waals surface area (Å²) in [5.74, 6) is 0.799. The maximum atomic E-state index is 9.24. The van der Waals surface area contributed by atoms with Crippen molar-refractivity contribution in [1.82, 2.24) is 5.32 Å². The van der Waals surface area contributed by atoms with Gasteiger partial charge in [-0.3, -0.25) is 0 Å². The summed E-state index contributed by atoms with van der Waals surface area (Å²) in [6.07, 6.45) is 1.12. The minimum absolute atomic E-state index is 0.467. The van der Waals surface area contributed by atoms with Crippen LogP contribution in [0.5, 0.6) is 5.75 Å². The maximum Gasteiger partial charge on any atom is 0.121 e. The normalized spacial score (nSPS) is 18.4. The average Bonchev–Trinajstić information content (AvgIpc) is 2.93. The van der Waals surface area contributed by atoms with E-state index in [9.17, 15) is 5.26 Å². The average molecular weight is 245 g/mol. The molecule has 1 saturated heterocycles. The zero-order valence-electron chi connectivity index (χ0n) is 10.9. The van der Waals surface area contributed by atoms with Gasteiger partial charge in [0.1, 0.15) is 11.8 Å². The van der Waals surface area contributed by atoms with Gasteiger partial charge in [-0.05, 0) is 32.0 Å². The quantitative estimate of drug-likeness (QED) is 0.878. The highest BCUT2D eigenvalue weighted by Gasteiger charge is 2.23. The maximum absolute atomic E-state index is 9.24. The minimum Gasteiger partial charge on any atom is -0.497 e. The molecule has 1 aromatic carbocycles. The number of benzene rings is 1. The van der Waals surface area contributed by atoms with E-state index in [2.05, 4.69) is 23.2 Å². The van der Waals surface area contributed by atoms with Crippen molar-refractivity contribution in [2.24, 2.45) is 0 Å². The monoisotopic (exact) mass is 245 g/mol. The summed E-state index contributed by atoms with van der Waals surface area (Å²) >= 11 is 0. The lowest BCUT2D eigenvalue weighted by Gasteiger charge is -2.30. The van der Waals surface area contributed by atoms with Crippen molar-refractivity contribution in [2.75, 3.05) is 31.6 Å². The number of nitrogens with one attached hydrogen (secondary N) is 1. The molecule has 1 heterocycles. The highest BCUT2D eigenvalue weighted by atomic mass is 16.5. The number of anilines is 1. The summed E-state index contributed by atoms with van der Waals surface area (Å²) in [5.41, 5.74) is 1.69. The second-order valence-electron chi connectivity index (χ2n) is 4.43. The van der Waals surface area contributed by atoms with Crippen molar-refractivity contribution in [2.45, 2.75) is 19.4 Å². The second-order valence-corrected chi connectivity index (χ2v) is 4.43. The summed E-state index contributed by atoms with van der Waals surface area (Å²) in [4.78, 5) is 2.29. The van der Waals surface area contributed by atoms with Crippen molar-refractivity contribution < 1.29 is 4.74 Å². The molecule has 1 aliphatic rings. The van der Waals surface area contributed by atoms with Gasteiger partial charge in [0.05, 0.1) is 18.4 Å². The van der Waals surface area contributed by atoms with Gasteiger partial charge in [-0.25, -0.2) is 0 Å². The summed E-state index contributed by atoms with van der Waals surface area (Å²) in [5, 5.41) is 12.6. The third-order valence-electron chi connectivity index (χ3n) is 3.45. The van der Waals surface area contributed by atoms with Crippen LogP contribution in [-0.2, 0) is 0 Å². The zero-order chi connectivity index (χ0) is 13.0. The van der Waals surface area contributed by atoms with E-state index in [1.54, 1.807) is 7.11 Å². The van der Waals surface area contributed by atoms with Crippen LogP contribution >= 0.6 is 0 Å². The summed E-state index contributed by atoms with van der Waals surface area (Å²) < 4.78 is 5.26. The fourth-order valence-electron chi connectivity index (χ4n) is 2.50. The number of hydrogen-bond acceptors (Lipinski definition) is 4. The van der Waals surface area contributed by atoms with E-state index in [0.29, 0.717) is 11.6 Å². The molecule has 1 aliphatic heterocycles. The van der Waals surface area contributed by atoms with Crippen LogP contribution in [0.2, 0.25) is 0 Å². The van der Waals surface area contributed by atoms with Gasteiger partial charge < -0.3 is 15.0 Å². The molecule has 1 N–H and O–H groups in total. The Hall–Kier alpha value is -1.73. The minimum atomic E-state index is 0.467. The van der Waals surface area contributed by atoms with Crippen LogP contribution in [0.15, 0.2) is 18.2 Å². The van der Waals surface area contributed by atoms with Crippen LogP contribution in [0.1, 0.15) is 18.9 Å². The van der Waals surface area contributed by atoms with Gasteiger partial charge in [-0.2, -0.15) is 5.26 Å². The van der Waals surface area contributed by atoms with Gasteiger partial charge in [0, 0.05) is 25.2 Å². The molecule has 4 heteroatoms. The van der Waals surface area contributed by atoms with Gasteiger partial charge in [-0.1, -0.05) is 0 Å². The smallest absolute Gasteiger partial charge is 0.121 e. The van der Waals surface area contributed by atoms with E-state index < -0.39 is 0 Å². The lowest BCUT2D eigenvalue weighted by molar-refractivity contribution is 0.414. The van der Waals surface area contributed by atoms with Crippen LogP contribution < -0.4 is 15.0 Å². The van der Waals surface area contributed by atoms with E-state index in [0.717, 1.165) is 37.5 Å². The molecular weight excluding hydrogens is 226 g/mol. The first kappa shape index (κ1) is 12.7. The molecule has 96 valence electrons. The Labute approximate surface area is 108 Å². The molecule has 1 atom stereocenters. The van der Waals surface area contributed by atoms with Crippen molar-refractivity contribution >= 4 is 5.69 Å². The Bertz CT molecular complexity index is 447. The standard InChI is InChI=1S/C14H19N3O/c1-3-17(12-6-7-16-10-12)14-8-13(18-2)5-4-11(14)9-15/h4-5,8,12,16H,3,6-7,10H2,1-2H3. The lowest BCUT2D eigenvalue weighted by atomic mass is 10.1. The molecule has 4 nitrogen and oxygen atoms in total. The van der Waals surface area contributed by atoms with Crippen molar-refractivity contribution in [3.63, 3.8) is 0 Å². The summed E-state index contributed by atoms with van der Waals surface area (Å²) in [6.45, 7) is 5.05. The van der Waals surface area contributed by atoms with Gasteiger partial charge in [0.15, 0.2) is 0 Å². The number of nitrogens with zero attached hydrogens (tertiary/aromatic N) is 2. The number of rotatable bonds is 4. The second kappa shape index (κ2) is 5.74. The summed E-state index contributed by atoms with van der Waals surface area (Å²) in [6, 6.07) is 8.36. The first-order chi connectivity index (χ1) is 8.80. The SMILES string of the molecule is CCN(c1cc(OC)ccc1C#N)C1CCNC1. The Kier molecular flexibility index (Phi) is 4.06. The molecule has 0 saturated carbocycles. The van der Waals surface area contributed by atoms with Gasteiger partial charge >= 0.3 is 0 Å². The fourth-order valence-corrected chi connectivity index (χ4v) is 2.50. The molecule has 18 heavy (non-hydrogen) atoms. The van der Waals surface area contributed by atoms with Gasteiger partial charge in [0.2, 0.25) is 0 Å². The predicted molar refractivity (Wildman–Crippen MR) is 72.0 cm³/mol. The van der Waals surface area contributed by atoms with Crippen LogP contribution in [0.3, 0.4) is 0 Å². The van der Waals surface area contributed by atoms with Crippen molar-refractivity contribution in [3.8, 4) is 11.8 Å². The molecule has 1 aromatic rings. The molecule has 2 rings (SSSR count). The Morgan fingerprint density at radius 3 is 2.94 bits per heavy atom. The van der Waals surface area contributed by atoms with Gasteiger partial charge in [-0.15, -0.1) is 0 Å². The topological polar surface area (TPSA) is 48.3 Å². The molecule has 1 fully saturated rings. The van der Waals surface area contributed by atoms with E-state index >= 15 is 0 Å². The van der Waals surface area contributed by atoms with Crippen molar-refractivity contribution in [1.29, 1.82) is 5.26 Å². The van der Waals surface area contributed by atoms with Crippen LogP contribution in [0.25, 0.3) is 0 Å². The number of nitriles is 1. The fraction of sp³-hybridized carbons (Fsp3) is 0.500. The third kappa shape index (κ3) is 2.41. The van der Waals surface area contributed by atoms with Crippen LogP contribution in [0.4, 0.5) is 5.69 Å². The lowest BCUT2D eigenvalue weighted by Crippen LogP contribution is -2.37. The predicted octanol–water partition coefficient (Wildman–Crippen LogP) is 1.76. The van der Waals surface area contributed by atoms with E-state index in [1.165, 1.54) is 0 Å². The van der Waals surface area contributed by atoms with Crippen LogP contribution in [0, 0.1) is 11.3 Å². The molecule has 0 spiro atoms. The molecule has 0 aliphatic carbocycles. The van der Waals surface area contributed by atoms with Crippen molar-refractivity contribution in [3.05, 3.63) is 23.8 Å². The largest absolute Gasteiger partial charge is 0.497 e. The molecule has 0 aromatic heterocycles. The van der Waals surface area contributed by atoms with Gasteiger partial charge in [0.25, 0.3) is 0 Å². The molecule has 0 bridgehead atoms. The molecular formula is C14H19N3O. The number of likely N-dealkylation sites (N-methyl/N-ethyl adjacent to an activating group) is 1. The van der Waals surface area contributed by atoms with Crippen LogP contribution in [-0.4, -0.2) is 32.8 Å². The number of hydrogen-bond donors (Lipinski definition) is 1. The Morgan fingerprint density at radius 2 is 2.39 bits per heavy atom. The molecule has 0 amide bonds. The van der Waals surface area contributed by atoms with E-state index in [-0.39, 0.29) is 0 Å². The first-order valence-corrected chi connectivity index (χ1v) is 6.35. The summed E-state index contributed by atoms with van der Waals surface area (Å²) in [7, 11) is 1.65. The first-order valence-electron chi connectivity index (χ1n) is 6.35. The van der Waals surface area contributed by atoms with E-state index in [1.807, 2.05) is 18.2 Å². The number of methoxy groups -OCH3 is 1. The third-order valence-corrected chi connectivity index (χ3v) is 3.45. The Morgan fingerprint density at radius 1 is 1.56 bits per heavy atom. The van der Waals surface area contributed by atoms with E-state index in [4.69, 9.17) is 4.74 Å².